The molecule has 0 aliphatic heterocycles. The fourth-order valence-corrected chi connectivity index (χ4v) is 4.66. The molecule has 3 aromatic carbocycles. The van der Waals surface area contributed by atoms with Crippen LogP contribution < -0.4 is 14.4 Å². The van der Waals surface area contributed by atoms with Gasteiger partial charge in [-0.25, -0.2) is 8.42 Å². The summed E-state index contributed by atoms with van der Waals surface area (Å²) in [6.07, 6.45) is 0. The molecule has 0 aliphatic carbocycles. The quantitative estimate of drug-likeness (QED) is 0.580. The summed E-state index contributed by atoms with van der Waals surface area (Å²) in [5, 5.41) is 2.64. The van der Waals surface area contributed by atoms with Crippen molar-refractivity contribution in [2.24, 2.45) is 0 Å². The first-order valence-electron chi connectivity index (χ1n) is 9.58. The average molecular weight is 425 g/mol. The molecule has 156 valence electrons. The molecule has 0 heterocycles. The number of hydrogen-bond donors (Lipinski definition) is 1. The van der Waals surface area contributed by atoms with E-state index in [0.29, 0.717) is 18.0 Å². The number of carbonyl (C=O) groups is 1. The third-order valence-corrected chi connectivity index (χ3v) is 6.14. The number of nitrogens with zero attached hydrogens (tertiary/aromatic N) is 1. The molecule has 0 bridgehead atoms. The Hall–Kier alpha value is -3.32. The van der Waals surface area contributed by atoms with Gasteiger partial charge in [-0.1, -0.05) is 48.5 Å². The van der Waals surface area contributed by atoms with Crippen LogP contribution in [-0.2, 0) is 21.4 Å². The predicted molar refractivity (Wildman–Crippen MR) is 118 cm³/mol. The Kier molecular flexibility index (Phi) is 6.74. The van der Waals surface area contributed by atoms with Crippen molar-refractivity contribution in [1.82, 2.24) is 0 Å². The molecule has 0 saturated heterocycles. The van der Waals surface area contributed by atoms with Gasteiger partial charge in [-0.3, -0.25) is 9.10 Å². The number of rotatable bonds is 8. The van der Waals surface area contributed by atoms with Gasteiger partial charge in [0.25, 0.3) is 10.0 Å². The molecule has 0 radical (unpaired) electrons. The molecule has 0 atom stereocenters. The zero-order valence-electron chi connectivity index (χ0n) is 16.9. The van der Waals surface area contributed by atoms with E-state index in [-0.39, 0.29) is 23.1 Å². The van der Waals surface area contributed by atoms with Gasteiger partial charge < -0.3 is 10.1 Å². The Morgan fingerprint density at radius 2 is 1.60 bits per heavy atom. The molecule has 0 fully saturated rings. The van der Waals surface area contributed by atoms with Crippen LogP contribution in [0.4, 0.5) is 11.4 Å². The number of nitrogens with one attached hydrogen (secondary N) is 1. The number of benzene rings is 3. The lowest BCUT2D eigenvalue weighted by Crippen LogP contribution is -2.31. The van der Waals surface area contributed by atoms with Gasteiger partial charge in [0.1, 0.15) is 10.6 Å². The summed E-state index contributed by atoms with van der Waals surface area (Å²) in [6, 6.07) is 22.9. The van der Waals surface area contributed by atoms with Crippen LogP contribution in [0.1, 0.15) is 19.4 Å². The Morgan fingerprint density at radius 3 is 2.20 bits per heavy atom. The number of sulfonamides is 1. The maximum absolute atomic E-state index is 13.8. The van der Waals surface area contributed by atoms with Crippen molar-refractivity contribution in [2.45, 2.75) is 25.3 Å². The molecule has 3 rings (SSSR count). The fraction of sp³-hybridized carbons (Fsp3) is 0.174. The summed E-state index contributed by atoms with van der Waals surface area (Å²) < 4.78 is 34.6. The van der Waals surface area contributed by atoms with Crippen LogP contribution in [0.25, 0.3) is 0 Å². The third-order valence-electron chi connectivity index (χ3n) is 4.35. The van der Waals surface area contributed by atoms with Gasteiger partial charge in [0, 0.05) is 12.6 Å². The van der Waals surface area contributed by atoms with E-state index in [4.69, 9.17) is 4.74 Å². The van der Waals surface area contributed by atoms with Crippen LogP contribution >= 0.6 is 0 Å². The van der Waals surface area contributed by atoms with Crippen molar-refractivity contribution >= 4 is 27.3 Å². The molecular formula is C23H24N2O4S. The van der Waals surface area contributed by atoms with Crippen LogP contribution in [0.5, 0.6) is 5.75 Å². The lowest BCUT2D eigenvalue weighted by Gasteiger charge is -2.26. The van der Waals surface area contributed by atoms with Crippen molar-refractivity contribution in [3.05, 3.63) is 84.4 Å². The van der Waals surface area contributed by atoms with E-state index in [1.54, 1.807) is 43.3 Å². The smallest absolute Gasteiger partial charge is 0.268 e. The van der Waals surface area contributed by atoms with Gasteiger partial charge >= 0.3 is 0 Å². The highest BCUT2D eigenvalue weighted by Gasteiger charge is 2.29. The largest absolute Gasteiger partial charge is 0.492 e. The number of anilines is 2. The van der Waals surface area contributed by atoms with Gasteiger partial charge in [-0.15, -0.1) is 0 Å². The topological polar surface area (TPSA) is 75.7 Å². The summed E-state index contributed by atoms with van der Waals surface area (Å²) in [7, 11) is -4.01. The first-order chi connectivity index (χ1) is 14.4. The van der Waals surface area contributed by atoms with Gasteiger partial charge in [-0.05, 0) is 42.8 Å². The van der Waals surface area contributed by atoms with Crippen molar-refractivity contribution in [3.63, 3.8) is 0 Å². The Morgan fingerprint density at radius 1 is 0.967 bits per heavy atom. The molecule has 6 nitrogen and oxygen atoms in total. The molecule has 0 unspecified atom stereocenters. The normalized spacial score (nSPS) is 11.0. The van der Waals surface area contributed by atoms with Gasteiger partial charge in [0.15, 0.2) is 0 Å². The van der Waals surface area contributed by atoms with Gasteiger partial charge in [0.05, 0.1) is 18.8 Å². The molecule has 1 amide bonds. The monoisotopic (exact) mass is 424 g/mol. The maximum atomic E-state index is 13.8. The lowest BCUT2D eigenvalue weighted by atomic mass is 10.2. The summed E-state index contributed by atoms with van der Waals surface area (Å²) >= 11 is 0. The van der Waals surface area contributed by atoms with E-state index in [1.807, 2.05) is 36.4 Å². The molecule has 7 heteroatoms. The first-order valence-corrected chi connectivity index (χ1v) is 11.0. The molecule has 0 spiro atoms. The number of para-hydroxylation sites is 1. The van der Waals surface area contributed by atoms with Crippen LogP contribution in [0.3, 0.4) is 0 Å². The standard InChI is InChI=1S/C23H24N2O4S/c1-3-29-22-15-14-20(24-18(2)26)16-23(22)30(27,28)25(21-12-8-5-9-13-21)17-19-10-6-4-7-11-19/h4-16H,3,17H2,1-2H3,(H,24,26). The Bertz CT molecular complexity index is 1100. The summed E-state index contributed by atoms with van der Waals surface area (Å²) in [4.78, 5) is 11.5. The van der Waals surface area contributed by atoms with E-state index >= 15 is 0 Å². The zero-order valence-corrected chi connectivity index (χ0v) is 17.7. The highest BCUT2D eigenvalue weighted by atomic mass is 32.2. The van der Waals surface area contributed by atoms with Crippen LogP contribution in [0.2, 0.25) is 0 Å². The van der Waals surface area contributed by atoms with Crippen molar-refractivity contribution in [3.8, 4) is 5.75 Å². The van der Waals surface area contributed by atoms with Gasteiger partial charge in [-0.2, -0.15) is 0 Å². The number of ether oxygens (including phenoxy) is 1. The first kappa shape index (κ1) is 21.4. The number of amides is 1. The molecule has 0 aromatic heterocycles. The zero-order chi connectivity index (χ0) is 21.6. The minimum Gasteiger partial charge on any atom is -0.492 e. The second-order valence-electron chi connectivity index (χ2n) is 6.61. The Labute approximate surface area is 177 Å². The molecular weight excluding hydrogens is 400 g/mol. The maximum Gasteiger partial charge on any atom is 0.268 e. The lowest BCUT2D eigenvalue weighted by molar-refractivity contribution is -0.114. The summed E-state index contributed by atoms with van der Waals surface area (Å²) in [5.41, 5.74) is 1.77. The van der Waals surface area contributed by atoms with Crippen molar-refractivity contribution in [2.75, 3.05) is 16.2 Å². The van der Waals surface area contributed by atoms with Crippen LogP contribution in [0, 0.1) is 0 Å². The highest BCUT2D eigenvalue weighted by Crippen LogP contribution is 2.33. The van der Waals surface area contributed by atoms with Crippen molar-refractivity contribution < 1.29 is 17.9 Å². The summed E-state index contributed by atoms with van der Waals surface area (Å²) in [5.74, 6) is -0.0488. The number of hydrogen-bond acceptors (Lipinski definition) is 4. The van der Waals surface area contributed by atoms with Gasteiger partial charge in [0.2, 0.25) is 5.91 Å². The Balaban J connectivity index is 2.13. The molecule has 0 aliphatic rings. The molecule has 30 heavy (non-hydrogen) atoms. The molecule has 0 saturated carbocycles. The molecule has 3 aromatic rings. The molecule has 1 N–H and O–H groups in total. The van der Waals surface area contributed by atoms with E-state index in [1.165, 1.54) is 17.3 Å². The van der Waals surface area contributed by atoms with E-state index in [2.05, 4.69) is 5.32 Å². The highest BCUT2D eigenvalue weighted by molar-refractivity contribution is 7.93. The van der Waals surface area contributed by atoms with Crippen molar-refractivity contribution in [1.29, 1.82) is 0 Å². The minimum absolute atomic E-state index is 0.00427. The number of carbonyl (C=O) groups excluding carboxylic acids is 1. The van der Waals surface area contributed by atoms with E-state index in [0.717, 1.165) is 5.56 Å². The van der Waals surface area contributed by atoms with E-state index in [9.17, 15) is 13.2 Å². The fourth-order valence-electron chi connectivity index (χ4n) is 3.04. The van der Waals surface area contributed by atoms with Crippen LogP contribution in [0.15, 0.2) is 83.8 Å². The third kappa shape index (κ3) is 4.99. The van der Waals surface area contributed by atoms with E-state index < -0.39 is 10.0 Å². The minimum atomic E-state index is -4.01. The van der Waals surface area contributed by atoms with Crippen LogP contribution in [-0.4, -0.2) is 20.9 Å². The predicted octanol–water partition coefficient (Wildman–Crippen LogP) is 4.44. The second kappa shape index (κ2) is 9.45. The second-order valence-corrected chi connectivity index (χ2v) is 8.44. The SMILES string of the molecule is CCOc1ccc(NC(C)=O)cc1S(=O)(=O)N(Cc1ccccc1)c1ccccc1. The average Bonchev–Trinajstić information content (AvgIpc) is 2.74. The summed E-state index contributed by atoms with van der Waals surface area (Å²) in [6.45, 7) is 3.63.